The van der Waals surface area contributed by atoms with Gasteiger partial charge in [0.1, 0.15) is 5.82 Å². The van der Waals surface area contributed by atoms with Gasteiger partial charge in [-0.15, -0.1) is 0 Å². The fourth-order valence-electron chi connectivity index (χ4n) is 4.13. The molecule has 1 N–H and O–H groups in total. The number of aryl methyl sites for hydroxylation is 1. The van der Waals surface area contributed by atoms with Crippen LogP contribution in [0.3, 0.4) is 0 Å². The zero-order valence-corrected chi connectivity index (χ0v) is 18.6. The lowest BCUT2D eigenvalue weighted by atomic mass is 9.99. The largest absolute Gasteiger partial charge is 0.418 e. The van der Waals surface area contributed by atoms with Crippen molar-refractivity contribution < 1.29 is 22.4 Å². The summed E-state index contributed by atoms with van der Waals surface area (Å²) < 4.78 is 55.4. The Bertz CT molecular complexity index is 1340. The number of hydrogen-bond acceptors (Lipinski definition) is 1. The number of carbonyl (C=O) groups excluding carboxylic acids is 1. The second kappa shape index (κ2) is 9.17. The molecular formula is C27H22F4N2O. The van der Waals surface area contributed by atoms with Crippen molar-refractivity contribution in [2.75, 3.05) is 0 Å². The Morgan fingerprint density at radius 1 is 0.912 bits per heavy atom. The minimum absolute atomic E-state index is 0.0225. The monoisotopic (exact) mass is 466 g/mol. The van der Waals surface area contributed by atoms with Crippen LogP contribution in [0.25, 0.3) is 16.8 Å². The number of nitrogens with one attached hydrogen (secondary N) is 1. The van der Waals surface area contributed by atoms with E-state index in [1.165, 1.54) is 34.9 Å². The number of hydrogen-bond donors (Lipinski definition) is 1. The molecule has 0 atom stereocenters. The number of amides is 1. The first-order valence-electron chi connectivity index (χ1n) is 10.6. The molecule has 0 aliphatic carbocycles. The van der Waals surface area contributed by atoms with Crippen LogP contribution in [0.2, 0.25) is 0 Å². The maximum absolute atomic E-state index is 13.6. The fraction of sp³-hybridized carbons (Fsp3) is 0.148. The Balaban J connectivity index is 1.61. The number of rotatable bonds is 5. The van der Waals surface area contributed by atoms with E-state index in [0.29, 0.717) is 17.0 Å². The first kappa shape index (κ1) is 23.3. The van der Waals surface area contributed by atoms with Gasteiger partial charge in [0.15, 0.2) is 0 Å². The molecule has 3 nitrogen and oxygen atoms in total. The molecule has 0 saturated heterocycles. The molecule has 7 heteroatoms. The highest BCUT2D eigenvalue weighted by Gasteiger charge is 2.34. The van der Waals surface area contributed by atoms with Crippen molar-refractivity contribution in [2.45, 2.75) is 26.6 Å². The van der Waals surface area contributed by atoms with E-state index >= 15 is 0 Å². The van der Waals surface area contributed by atoms with E-state index in [1.54, 1.807) is 32.0 Å². The van der Waals surface area contributed by atoms with Crippen molar-refractivity contribution in [1.29, 1.82) is 0 Å². The summed E-state index contributed by atoms with van der Waals surface area (Å²) in [7, 11) is 0. The second-order valence-electron chi connectivity index (χ2n) is 7.98. The zero-order valence-electron chi connectivity index (χ0n) is 18.6. The summed E-state index contributed by atoms with van der Waals surface area (Å²) in [5.41, 5.74) is 2.94. The van der Waals surface area contributed by atoms with Gasteiger partial charge < -0.3 is 9.88 Å². The number of para-hydroxylation sites is 1. The summed E-state index contributed by atoms with van der Waals surface area (Å²) in [5.74, 6) is -0.727. The number of benzene rings is 3. The lowest BCUT2D eigenvalue weighted by Crippen LogP contribution is -2.23. The average molecular weight is 466 g/mol. The zero-order chi connectivity index (χ0) is 24.5. The van der Waals surface area contributed by atoms with E-state index in [9.17, 15) is 22.4 Å². The average Bonchev–Trinajstić information content (AvgIpc) is 3.11. The van der Waals surface area contributed by atoms with Gasteiger partial charge in [-0.25, -0.2) is 4.39 Å². The highest BCUT2D eigenvalue weighted by molar-refractivity contribution is 5.96. The van der Waals surface area contributed by atoms with Gasteiger partial charge in [-0.05, 0) is 60.9 Å². The lowest BCUT2D eigenvalue weighted by molar-refractivity contribution is -0.137. The molecule has 0 aliphatic rings. The SMILES string of the molecule is Cc1cc(C(=O)NCc2ccccc2-c2ccc(F)cc2)c(C)n1-c1ccccc1C(F)(F)F. The number of carbonyl (C=O) groups is 1. The molecule has 1 amide bonds. The molecular weight excluding hydrogens is 444 g/mol. The first-order valence-corrected chi connectivity index (χ1v) is 10.6. The third-order valence-electron chi connectivity index (χ3n) is 5.74. The van der Waals surface area contributed by atoms with Gasteiger partial charge in [0.25, 0.3) is 5.91 Å². The van der Waals surface area contributed by atoms with Crippen molar-refractivity contribution in [3.63, 3.8) is 0 Å². The molecule has 3 aromatic carbocycles. The van der Waals surface area contributed by atoms with E-state index in [4.69, 9.17) is 0 Å². The van der Waals surface area contributed by atoms with E-state index in [1.807, 2.05) is 24.3 Å². The van der Waals surface area contributed by atoms with Gasteiger partial charge in [0.2, 0.25) is 0 Å². The molecule has 4 aromatic rings. The van der Waals surface area contributed by atoms with E-state index in [2.05, 4.69) is 5.32 Å². The highest BCUT2D eigenvalue weighted by atomic mass is 19.4. The molecule has 0 bridgehead atoms. The van der Waals surface area contributed by atoms with Crippen molar-refractivity contribution in [3.8, 4) is 16.8 Å². The van der Waals surface area contributed by atoms with Gasteiger partial charge >= 0.3 is 6.18 Å². The van der Waals surface area contributed by atoms with E-state index in [0.717, 1.165) is 22.8 Å². The third-order valence-corrected chi connectivity index (χ3v) is 5.74. The standard InChI is InChI=1S/C27H22F4N2O/c1-17-15-23(18(2)33(17)25-10-6-5-9-24(25)27(29,30)31)26(34)32-16-20-7-3-4-8-22(20)19-11-13-21(28)14-12-19/h3-15H,16H2,1-2H3,(H,32,34). The Hall–Kier alpha value is -3.87. The van der Waals surface area contributed by atoms with Gasteiger partial charge in [0.05, 0.1) is 16.8 Å². The maximum Gasteiger partial charge on any atom is 0.418 e. The van der Waals surface area contributed by atoms with E-state index < -0.39 is 17.6 Å². The Morgan fingerprint density at radius 2 is 1.56 bits per heavy atom. The summed E-state index contributed by atoms with van der Waals surface area (Å²) in [6.45, 7) is 3.50. The topological polar surface area (TPSA) is 34.0 Å². The van der Waals surface area contributed by atoms with Crippen LogP contribution in [0.4, 0.5) is 17.6 Å². The van der Waals surface area contributed by atoms with Crippen LogP contribution in [0, 0.1) is 19.7 Å². The fourth-order valence-corrected chi connectivity index (χ4v) is 4.13. The molecule has 0 aliphatic heterocycles. The summed E-state index contributed by atoms with van der Waals surface area (Å²) in [5, 5.41) is 2.87. The van der Waals surface area contributed by atoms with Crippen molar-refractivity contribution in [3.05, 3.63) is 113 Å². The van der Waals surface area contributed by atoms with Crippen molar-refractivity contribution in [1.82, 2.24) is 9.88 Å². The number of aromatic nitrogens is 1. The quantitative estimate of drug-likeness (QED) is 0.321. The molecule has 1 heterocycles. The first-order chi connectivity index (χ1) is 16.2. The minimum Gasteiger partial charge on any atom is -0.348 e. The summed E-state index contributed by atoms with van der Waals surface area (Å²) >= 11 is 0. The van der Waals surface area contributed by atoms with Crippen LogP contribution in [-0.4, -0.2) is 10.5 Å². The normalized spacial score (nSPS) is 11.5. The number of nitrogens with zero attached hydrogens (tertiary/aromatic N) is 1. The molecule has 0 saturated carbocycles. The summed E-state index contributed by atoms with van der Waals surface area (Å²) in [6.07, 6.45) is -4.52. The molecule has 4 rings (SSSR count). The van der Waals surface area contributed by atoms with Crippen LogP contribution < -0.4 is 5.32 Å². The van der Waals surface area contributed by atoms with Crippen LogP contribution in [0.1, 0.15) is 32.9 Å². The van der Waals surface area contributed by atoms with Gasteiger partial charge in [-0.3, -0.25) is 4.79 Å². The smallest absolute Gasteiger partial charge is 0.348 e. The molecule has 0 radical (unpaired) electrons. The van der Waals surface area contributed by atoms with Crippen molar-refractivity contribution >= 4 is 5.91 Å². The molecule has 0 fully saturated rings. The predicted molar refractivity (Wildman–Crippen MR) is 123 cm³/mol. The third kappa shape index (κ3) is 4.59. The lowest BCUT2D eigenvalue weighted by Gasteiger charge is -2.17. The van der Waals surface area contributed by atoms with Crippen molar-refractivity contribution in [2.24, 2.45) is 0 Å². The Labute approximate surface area is 194 Å². The Morgan fingerprint density at radius 3 is 2.26 bits per heavy atom. The van der Waals surface area contributed by atoms with Crippen LogP contribution in [0.15, 0.2) is 78.9 Å². The van der Waals surface area contributed by atoms with E-state index in [-0.39, 0.29) is 18.0 Å². The predicted octanol–water partition coefficient (Wildman–Crippen LogP) is 6.85. The number of halogens is 4. The minimum atomic E-state index is -4.52. The molecule has 1 aromatic heterocycles. The summed E-state index contributed by atoms with van der Waals surface area (Å²) in [4.78, 5) is 13.0. The summed E-state index contributed by atoms with van der Waals surface area (Å²) in [6, 6.07) is 20.4. The molecule has 0 unspecified atom stereocenters. The van der Waals surface area contributed by atoms with Crippen LogP contribution in [-0.2, 0) is 12.7 Å². The second-order valence-corrected chi connectivity index (χ2v) is 7.98. The molecule has 174 valence electrons. The van der Waals surface area contributed by atoms with Gasteiger partial charge in [-0.1, -0.05) is 48.5 Å². The Kier molecular flexibility index (Phi) is 6.28. The maximum atomic E-state index is 13.6. The van der Waals surface area contributed by atoms with Gasteiger partial charge in [0, 0.05) is 17.9 Å². The number of alkyl halides is 3. The van der Waals surface area contributed by atoms with Gasteiger partial charge in [-0.2, -0.15) is 13.2 Å². The van der Waals surface area contributed by atoms with Crippen LogP contribution in [0.5, 0.6) is 0 Å². The molecule has 0 spiro atoms. The van der Waals surface area contributed by atoms with Crippen LogP contribution >= 0.6 is 0 Å². The molecule has 34 heavy (non-hydrogen) atoms. The highest BCUT2D eigenvalue weighted by Crippen LogP contribution is 2.35.